The first-order valence-corrected chi connectivity index (χ1v) is 5.43. The summed E-state index contributed by atoms with van der Waals surface area (Å²) in [6.45, 7) is 2.59. The lowest BCUT2D eigenvalue weighted by Crippen LogP contribution is -2.26. The maximum absolute atomic E-state index is 5.83. The summed E-state index contributed by atoms with van der Waals surface area (Å²) < 4.78 is 0.993. The Hall–Kier alpha value is -0.545. The minimum atomic E-state index is 0.745. The van der Waals surface area contributed by atoms with Crippen molar-refractivity contribution in [2.75, 3.05) is 18.4 Å². The Bertz CT molecular complexity index is 332. The van der Waals surface area contributed by atoms with Crippen LogP contribution in [0, 0.1) is 0 Å². The molecule has 1 aliphatic rings. The molecule has 0 bridgehead atoms. The summed E-state index contributed by atoms with van der Waals surface area (Å²) in [4.78, 5) is 6.14. The monoisotopic (exact) mass is 251 g/mol. The third-order valence-electron chi connectivity index (χ3n) is 2.22. The molecule has 0 aromatic carbocycles. The number of halogens is 1. The number of anilines is 1. The number of rotatable bonds is 0. The molecule has 3 nitrogen and oxygen atoms in total. The van der Waals surface area contributed by atoms with E-state index in [0.29, 0.717) is 0 Å². The Labute approximate surface area is 93.5 Å². The molecule has 0 saturated heterocycles. The van der Waals surface area contributed by atoms with E-state index in [4.69, 9.17) is 7.98 Å². The van der Waals surface area contributed by atoms with E-state index in [9.17, 15) is 0 Å². The lowest BCUT2D eigenvalue weighted by Gasteiger charge is -2.22. The summed E-state index contributed by atoms with van der Waals surface area (Å²) in [7, 11) is 5.83. The number of pyridine rings is 1. The van der Waals surface area contributed by atoms with Gasteiger partial charge in [0.25, 0.3) is 0 Å². The largest absolute Gasteiger partial charge is 0.370 e. The predicted octanol–water partition coefficient (Wildman–Crippen LogP) is 1.55. The summed E-state index contributed by atoms with van der Waals surface area (Å²) in [5.74, 6) is 0.948. The van der Waals surface area contributed by atoms with Crippen LogP contribution in [-0.2, 0) is 6.54 Å². The van der Waals surface area contributed by atoms with Gasteiger partial charge in [-0.2, -0.15) is 0 Å². The Kier molecular flexibility index (Phi) is 3.08. The molecule has 0 unspecified atom stereocenters. The zero-order valence-corrected chi connectivity index (χ0v) is 9.42. The van der Waals surface area contributed by atoms with Gasteiger partial charge in [0.2, 0.25) is 0 Å². The zero-order valence-electron chi connectivity index (χ0n) is 7.83. The number of hydrogen-bond donors (Lipinski definition) is 1. The van der Waals surface area contributed by atoms with E-state index in [2.05, 4.69) is 32.3 Å². The average Bonchev–Trinajstić information content (AvgIpc) is 2.12. The summed E-state index contributed by atoms with van der Waals surface area (Å²) in [5, 5.41) is 3.30. The molecule has 5 heteroatoms. The maximum atomic E-state index is 5.83. The Morgan fingerprint density at radius 3 is 3.29 bits per heavy atom. The third kappa shape index (κ3) is 2.28. The molecule has 1 aromatic rings. The second-order valence-corrected chi connectivity index (χ2v) is 4.33. The van der Waals surface area contributed by atoms with Gasteiger partial charge in [-0.3, -0.25) is 0 Å². The fourth-order valence-corrected chi connectivity index (χ4v) is 1.93. The van der Waals surface area contributed by atoms with Crippen LogP contribution < -0.4 is 5.32 Å². The highest BCUT2D eigenvalue weighted by Crippen LogP contribution is 2.20. The van der Waals surface area contributed by atoms with Crippen LogP contribution in [0.25, 0.3) is 0 Å². The van der Waals surface area contributed by atoms with E-state index >= 15 is 0 Å². The van der Waals surface area contributed by atoms with Gasteiger partial charge in [0, 0.05) is 29.3 Å². The van der Waals surface area contributed by atoms with Crippen molar-refractivity contribution in [1.82, 2.24) is 9.79 Å². The SMILES string of the molecule is [B]N1CCCNc2ncc(Br)cc2C1. The van der Waals surface area contributed by atoms with Crippen molar-refractivity contribution in [3.63, 3.8) is 0 Å². The molecule has 1 aliphatic heterocycles. The molecule has 0 spiro atoms. The lowest BCUT2D eigenvalue weighted by molar-refractivity contribution is 0.437. The molecule has 2 radical (unpaired) electrons. The van der Waals surface area contributed by atoms with Crippen LogP contribution in [0.3, 0.4) is 0 Å². The minimum Gasteiger partial charge on any atom is -0.370 e. The number of hydrogen-bond acceptors (Lipinski definition) is 3. The van der Waals surface area contributed by atoms with Gasteiger partial charge in [-0.05, 0) is 35.0 Å². The first-order chi connectivity index (χ1) is 6.75. The standard InChI is InChI=1S/C9H11BBrN3/c10-14-3-1-2-12-9-7(6-14)4-8(11)5-13-9/h4-5H,1-3,6H2,(H,12,13). The number of aromatic nitrogens is 1. The molecule has 1 aromatic heterocycles. The second kappa shape index (κ2) is 4.32. The zero-order chi connectivity index (χ0) is 9.97. The Morgan fingerprint density at radius 1 is 1.57 bits per heavy atom. The average molecular weight is 252 g/mol. The van der Waals surface area contributed by atoms with Gasteiger partial charge in [0.15, 0.2) is 7.98 Å². The number of fused-ring (bicyclic) bond motifs is 1. The topological polar surface area (TPSA) is 28.2 Å². The van der Waals surface area contributed by atoms with Gasteiger partial charge >= 0.3 is 0 Å². The fraction of sp³-hybridized carbons (Fsp3) is 0.444. The van der Waals surface area contributed by atoms with E-state index in [1.54, 1.807) is 6.20 Å². The van der Waals surface area contributed by atoms with Gasteiger partial charge in [0.1, 0.15) is 5.82 Å². The van der Waals surface area contributed by atoms with Crippen molar-refractivity contribution >= 4 is 29.7 Å². The van der Waals surface area contributed by atoms with Crippen molar-refractivity contribution < 1.29 is 0 Å². The number of nitrogens with one attached hydrogen (secondary N) is 1. The Morgan fingerprint density at radius 2 is 2.43 bits per heavy atom. The molecule has 14 heavy (non-hydrogen) atoms. The van der Waals surface area contributed by atoms with Crippen molar-refractivity contribution in [2.24, 2.45) is 0 Å². The maximum Gasteiger partial charge on any atom is 0.182 e. The minimum absolute atomic E-state index is 0.745. The van der Waals surface area contributed by atoms with Gasteiger partial charge < -0.3 is 10.1 Å². The lowest BCUT2D eigenvalue weighted by atomic mass is 10.1. The highest BCUT2D eigenvalue weighted by Gasteiger charge is 2.10. The van der Waals surface area contributed by atoms with Gasteiger partial charge in [-0.1, -0.05) is 0 Å². The molecule has 0 amide bonds. The molecular weight excluding hydrogens is 241 g/mol. The summed E-state index contributed by atoms with van der Waals surface area (Å²) >= 11 is 3.41. The van der Waals surface area contributed by atoms with Gasteiger partial charge in [0.05, 0.1) is 0 Å². The third-order valence-corrected chi connectivity index (χ3v) is 2.65. The fourth-order valence-electron chi connectivity index (χ4n) is 1.55. The van der Waals surface area contributed by atoms with Crippen molar-refractivity contribution in [3.05, 3.63) is 22.3 Å². The highest BCUT2D eigenvalue weighted by atomic mass is 79.9. The molecule has 0 atom stereocenters. The quantitative estimate of drug-likeness (QED) is 0.710. The molecule has 0 aliphatic carbocycles. The second-order valence-electron chi connectivity index (χ2n) is 3.41. The summed E-state index contributed by atoms with van der Waals surface area (Å²) in [6, 6.07) is 2.06. The van der Waals surface area contributed by atoms with E-state index in [0.717, 1.165) is 41.9 Å². The molecule has 1 N–H and O–H groups in total. The van der Waals surface area contributed by atoms with Crippen molar-refractivity contribution in [2.45, 2.75) is 13.0 Å². The first kappa shape index (κ1) is 9.99. The molecule has 0 saturated carbocycles. The van der Waals surface area contributed by atoms with Crippen LogP contribution in [0.5, 0.6) is 0 Å². The van der Waals surface area contributed by atoms with E-state index in [-0.39, 0.29) is 0 Å². The first-order valence-electron chi connectivity index (χ1n) is 4.63. The molecule has 2 heterocycles. The van der Waals surface area contributed by atoms with Crippen LogP contribution in [-0.4, -0.2) is 30.9 Å². The van der Waals surface area contributed by atoms with Crippen molar-refractivity contribution in [1.29, 1.82) is 0 Å². The van der Waals surface area contributed by atoms with Crippen molar-refractivity contribution in [3.8, 4) is 0 Å². The predicted molar refractivity (Wildman–Crippen MR) is 61.2 cm³/mol. The Balaban J connectivity index is 2.30. The van der Waals surface area contributed by atoms with E-state index in [1.807, 2.05) is 4.81 Å². The van der Waals surface area contributed by atoms with Crippen LogP contribution >= 0.6 is 15.9 Å². The molecule has 2 rings (SSSR count). The van der Waals surface area contributed by atoms with Crippen LogP contribution in [0.1, 0.15) is 12.0 Å². The van der Waals surface area contributed by atoms with Gasteiger partial charge in [-0.15, -0.1) is 0 Å². The van der Waals surface area contributed by atoms with Gasteiger partial charge in [-0.25, -0.2) is 4.98 Å². The molecule has 0 fully saturated rings. The van der Waals surface area contributed by atoms with E-state index in [1.165, 1.54) is 0 Å². The smallest absolute Gasteiger partial charge is 0.182 e. The molecule has 72 valence electrons. The van der Waals surface area contributed by atoms with Crippen LogP contribution in [0.2, 0.25) is 0 Å². The normalized spacial score (nSPS) is 17.8. The van der Waals surface area contributed by atoms with Crippen LogP contribution in [0.15, 0.2) is 16.7 Å². The van der Waals surface area contributed by atoms with E-state index < -0.39 is 0 Å². The number of nitrogens with zero attached hydrogens (tertiary/aromatic N) is 2. The van der Waals surface area contributed by atoms with Crippen LogP contribution in [0.4, 0.5) is 5.82 Å². The summed E-state index contributed by atoms with van der Waals surface area (Å²) in [6.07, 6.45) is 2.85. The summed E-state index contributed by atoms with van der Waals surface area (Å²) in [5.41, 5.74) is 1.14. The molecular formula is C9H11BBrN3. The highest BCUT2D eigenvalue weighted by molar-refractivity contribution is 9.10.